The minimum absolute atomic E-state index is 0.0743. The third-order valence-electron chi connectivity index (χ3n) is 10.7. The predicted octanol–water partition coefficient (Wildman–Crippen LogP) is 10.6. The zero-order valence-corrected chi connectivity index (χ0v) is 28.0. The summed E-state index contributed by atoms with van der Waals surface area (Å²) in [6.45, 7) is 13.1. The minimum Gasteiger partial charge on any atom is -0.399 e. The summed E-state index contributed by atoms with van der Waals surface area (Å²) in [7, 11) is -0.439. The zero-order valence-electron chi connectivity index (χ0n) is 28.0. The fourth-order valence-electron chi connectivity index (χ4n) is 7.56. The van der Waals surface area contributed by atoms with Gasteiger partial charge in [0.2, 0.25) is 0 Å². The molecule has 1 aliphatic heterocycles. The van der Waals surface area contributed by atoms with Crippen LogP contribution in [0.2, 0.25) is 0 Å². The quantitative estimate of drug-likeness (QED) is 0.181. The lowest BCUT2D eigenvalue weighted by molar-refractivity contribution is 0.00578. The summed E-state index contributed by atoms with van der Waals surface area (Å²) in [6.07, 6.45) is 0. The zero-order chi connectivity index (χ0) is 32.6. The Labute approximate surface area is 278 Å². The van der Waals surface area contributed by atoms with Crippen LogP contribution in [0.15, 0.2) is 133 Å². The van der Waals surface area contributed by atoms with Gasteiger partial charge in [0, 0.05) is 22.2 Å². The first kappa shape index (κ1) is 29.7. The Morgan fingerprint density at radius 1 is 0.489 bits per heavy atom. The van der Waals surface area contributed by atoms with Crippen molar-refractivity contribution in [1.29, 1.82) is 0 Å². The maximum Gasteiger partial charge on any atom is 0.495 e. The molecule has 3 nitrogen and oxygen atoms in total. The van der Waals surface area contributed by atoms with Crippen molar-refractivity contribution in [3.63, 3.8) is 0 Å². The Bertz CT molecular complexity index is 2120. The van der Waals surface area contributed by atoms with Crippen molar-refractivity contribution >= 4 is 40.4 Å². The van der Waals surface area contributed by atoms with Gasteiger partial charge in [0.25, 0.3) is 0 Å². The average molecular weight is 614 g/mol. The van der Waals surface area contributed by atoms with Crippen molar-refractivity contribution in [2.45, 2.75) is 58.2 Å². The van der Waals surface area contributed by atoms with Crippen LogP contribution in [0.4, 0.5) is 17.1 Å². The SMILES string of the molecule is CC1(C)c2ccccc2-c2cccc(-c3ccc(N(c4ccccc4)c4ccc(B5OC(C)(C)C(C)(C)O5)c5ccccc45)cc3)c21. The second-order valence-corrected chi connectivity index (χ2v) is 14.4. The molecule has 0 atom stereocenters. The van der Waals surface area contributed by atoms with Gasteiger partial charge in [0.05, 0.1) is 16.9 Å². The second-order valence-electron chi connectivity index (χ2n) is 14.4. The fourth-order valence-corrected chi connectivity index (χ4v) is 7.56. The lowest BCUT2D eigenvalue weighted by atomic mass is 9.75. The van der Waals surface area contributed by atoms with Gasteiger partial charge >= 0.3 is 7.12 Å². The van der Waals surface area contributed by atoms with Gasteiger partial charge in [0.1, 0.15) is 0 Å². The Morgan fingerprint density at radius 2 is 1.06 bits per heavy atom. The van der Waals surface area contributed by atoms with Crippen LogP contribution in [0.25, 0.3) is 33.0 Å². The van der Waals surface area contributed by atoms with E-state index in [1.807, 2.05) is 0 Å². The summed E-state index contributed by atoms with van der Waals surface area (Å²) < 4.78 is 13.0. The summed E-state index contributed by atoms with van der Waals surface area (Å²) in [5, 5.41) is 2.27. The molecular weight excluding hydrogens is 573 g/mol. The molecule has 0 N–H and O–H groups in total. The van der Waals surface area contributed by atoms with Crippen molar-refractivity contribution in [2.75, 3.05) is 4.90 Å². The lowest BCUT2D eigenvalue weighted by Crippen LogP contribution is -2.41. The number of nitrogens with zero attached hydrogens (tertiary/aromatic N) is 1. The van der Waals surface area contributed by atoms with Crippen LogP contribution in [0.3, 0.4) is 0 Å². The van der Waals surface area contributed by atoms with E-state index in [9.17, 15) is 0 Å². The molecule has 232 valence electrons. The summed E-state index contributed by atoms with van der Waals surface area (Å²) in [4.78, 5) is 2.36. The van der Waals surface area contributed by atoms with Gasteiger partial charge in [0.15, 0.2) is 0 Å². The molecule has 0 amide bonds. The van der Waals surface area contributed by atoms with E-state index >= 15 is 0 Å². The van der Waals surface area contributed by atoms with Gasteiger partial charge in [-0.25, -0.2) is 0 Å². The molecule has 47 heavy (non-hydrogen) atoms. The van der Waals surface area contributed by atoms with Crippen molar-refractivity contribution in [2.24, 2.45) is 0 Å². The highest BCUT2D eigenvalue weighted by Gasteiger charge is 2.52. The predicted molar refractivity (Wildman–Crippen MR) is 197 cm³/mol. The van der Waals surface area contributed by atoms with Gasteiger partial charge < -0.3 is 14.2 Å². The molecule has 1 aliphatic carbocycles. The smallest absolute Gasteiger partial charge is 0.399 e. The molecule has 0 radical (unpaired) electrons. The fraction of sp³-hybridized carbons (Fsp3) is 0.209. The van der Waals surface area contributed by atoms with E-state index in [4.69, 9.17) is 9.31 Å². The molecule has 0 saturated carbocycles. The van der Waals surface area contributed by atoms with E-state index in [1.54, 1.807) is 0 Å². The number of hydrogen-bond donors (Lipinski definition) is 0. The van der Waals surface area contributed by atoms with Crippen LogP contribution in [0, 0.1) is 0 Å². The highest BCUT2D eigenvalue weighted by molar-refractivity contribution is 6.65. The molecule has 0 spiro atoms. The monoisotopic (exact) mass is 613 g/mol. The molecule has 6 aromatic rings. The van der Waals surface area contributed by atoms with Crippen LogP contribution in [-0.2, 0) is 14.7 Å². The van der Waals surface area contributed by atoms with Crippen molar-refractivity contribution in [1.82, 2.24) is 0 Å². The molecule has 6 aromatic carbocycles. The van der Waals surface area contributed by atoms with Gasteiger partial charge in [-0.15, -0.1) is 0 Å². The number of fused-ring (bicyclic) bond motifs is 4. The van der Waals surface area contributed by atoms with Gasteiger partial charge in [-0.1, -0.05) is 117 Å². The highest BCUT2D eigenvalue weighted by atomic mass is 16.7. The number of benzene rings is 6. The Morgan fingerprint density at radius 3 is 1.79 bits per heavy atom. The van der Waals surface area contributed by atoms with E-state index in [2.05, 4.69) is 180 Å². The summed E-state index contributed by atoms with van der Waals surface area (Å²) >= 11 is 0. The van der Waals surface area contributed by atoms with Gasteiger partial charge in [-0.2, -0.15) is 0 Å². The summed E-state index contributed by atoms with van der Waals surface area (Å²) in [5.41, 5.74) is 11.5. The topological polar surface area (TPSA) is 21.7 Å². The first-order valence-corrected chi connectivity index (χ1v) is 16.6. The molecule has 0 unspecified atom stereocenters. The molecule has 0 aromatic heterocycles. The van der Waals surface area contributed by atoms with E-state index in [0.29, 0.717) is 0 Å². The van der Waals surface area contributed by atoms with E-state index in [0.717, 1.165) is 33.3 Å². The molecule has 1 saturated heterocycles. The molecule has 8 rings (SSSR count). The number of hydrogen-bond acceptors (Lipinski definition) is 3. The van der Waals surface area contributed by atoms with Crippen molar-refractivity contribution in [3.8, 4) is 22.3 Å². The first-order valence-electron chi connectivity index (χ1n) is 16.6. The normalized spacial score (nSPS) is 17.0. The minimum atomic E-state index is -0.439. The Kier molecular flexibility index (Phi) is 6.77. The van der Waals surface area contributed by atoms with Gasteiger partial charge in [-0.3, -0.25) is 0 Å². The maximum atomic E-state index is 6.51. The Hall–Kier alpha value is -4.64. The molecule has 1 fully saturated rings. The number of para-hydroxylation sites is 1. The summed E-state index contributed by atoms with van der Waals surface area (Å²) in [6, 6.07) is 48.3. The number of rotatable bonds is 5. The summed E-state index contributed by atoms with van der Waals surface area (Å²) in [5.74, 6) is 0. The van der Waals surface area contributed by atoms with Gasteiger partial charge in [-0.05, 0) is 102 Å². The van der Waals surface area contributed by atoms with Crippen LogP contribution >= 0.6 is 0 Å². The molecule has 4 heteroatoms. The van der Waals surface area contributed by atoms with E-state index in [-0.39, 0.29) is 5.41 Å². The third kappa shape index (κ3) is 4.65. The van der Waals surface area contributed by atoms with Crippen LogP contribution in [0.1, 0.15) is 52.7 Å². The van der Waals surface area contributed by atoms with Crippen LogP contribution in [0.5, 0.6) is 0 Å². The third-order valence-corrected chi connectivity index (χ3v) is 10.7. The van der Waals surface area contributed by atoms with Crippen molar-refractivity contribution < 1.29 is 9.31 Å². The molecular formula is C43H40BNO2. The second kappa shape index (κ2) is 10.7. The van der Waals surface area contributed by atoms with Crippen LogP contribution in [-0.4, -0.2) is 18.3 Å². The molecule has 0 bridgehead atoms. The molecule has 1 heterocycles. The highest BCUT2D eigenvalue weighted by Crippen LogP contribution is 2.52. The lowest BCUT2D eigenvalue weighted by Gasteiger charge is -2.32. The van der Waals surface area contributed by atoms with E-state index in [1.165, 1.54) is 33.4 Å². The first-order chi connectivity index (χ1) is 22.6. The van der Waals surface area contributed by atoms with Crippen molar-refractivity contribution in [3.05, 3.63) is 145 Å². The average Bonchev–Trinajstić information content (AvgIpc) is 3.45. The number of anilines is 3. The standard InChI is InChI=1S/C43H40BNO2/c1-41(2)37-22-13-12-17-33(37)36-21-14-20-32(40(36)41)29-23-25-31(26-24-29)45(30-15-8-7-9-16-30)39-28-27-38(34-18-10-11-19-35(34)39)44-46-42(3,4)43(5,6)47-44/h7-28H,1-6H3. The maximum absolute atomic E-state index is 6.51. The largest absolute Gasteiger partial charge is 0.495 e. The van der Waals surface area contributed by atoms with Crippen LogP contribution < -0.4 is 10.4 Å². The molecule has 2 aliphatic rings. The van der Waals surface area contributed by atoms with E-state index < -0.39 is 18.3 Å². The Balaban J connectivity index is 1.23.